The number of β-amino-alcohol motifs (C(OH)–C–C–N with tert-alkyl or cyclic N) is 1. The number of carbonyl (C=O) groups excluding carboxylic acids is 5. The zero-order valence-electron chi connectivity index (χ0n) is 49.1. The fourth-order valence-corrected chi connectivity index (χ4v) is 10.9. The number of carboxylic acids is 2. The number of piperidine rings is 1. The number of aliphatic imine (C=N–C) groups is 1. The number of rotatable bonds is 27. The van der Waals surface area contributed by atoms with Gasteiger partial charge >= 0.3 is 11.9 Å². The summed E-state index contributed by atoms with van der Waals surface area (Å²) in [5, 5.41) is 54.5. The van der Waals surface area contributed by atoms with E-state index in [1.165, 1.54) is 7.05 Å². The predicted molar refractivity (Wildman–Crippen MR) is 320 cm³/mol. The topological polar surface area (TPSA) is 412 Å². The molecular weight excluding hydrogens is 1160 g/mol. The number of aliphatic hydroxyl groups excluding tert-OH is 1. The van der Waals surface area contributed by atoms with Crippen molar-refractivity contribution in [3.05, 3.63) is 94.4 Å². The van der Waals surface area contributed by atoms with E-state index in [9.17, 15) is 62.9 Å². The van der Waals surface area contributed by atoms with Gasteiger partial charge in [-0.2, -0.15) is 5.26 Å². The van der Waals surface area contributed by atoms with E-state index in [2.05, 4.69) is 67.7 Å². The van der Waals surface area contributed by atoms with Gasteiger partial charge in [-0.25, -0.2) is 23.7 Å². The van der Waals surface area contributed by atoms with E-state index >= 15 is 0 Å². The van der Waals surface area contributed by atoms with Crippen LogP contribution in [0.25, 0.3) is 44.7 Å². The number of amides is 5. The number of benzene rings is 3. The van der Waals surface area contributed by atoms with Gasteiger partial charge in [-0.1, -0.05) is 24.3 Å². The third-order valence-corrected chi connectivity index (χ3v) is 15.5. The molecule has 4 atom stereocenters. The monoisotopic (exact) mass is 1230 g/mol. The Labute approximate surface area is 509 Å². The molecule has 5 heterocycles. The number of nitrogens with one attached hydrogen (secondary N) is 6. The van der Waals surface area contributed by atoms with Gasteiger partial charge in [-0.3, -0.25) is 53.3 Å². The van der Waals surface area contributed by atoms with E-state index < -0.39 is 90.8 Å². The number of nitrogens with zero attached hydrogens (tertiary/aromatic N) is 8. The van der Waals surface area contributed by atoms with E-state index in [0.717, 1.165) is 33.4 Å². The molecular formula is C60H70F2N16O11. The van der Waals surface area contributed by atoms with Gasteiger partial charge in [-0.15, -0.1) is 0 Å². The fourth-order valence-electron chi connectivity index (χ4n) is 10.9. The first-order chi connectivity index (χ1) is 42.6. The van der Waals surface area contributed by atoms with Crippen molar-refractivity contribution >= 4 is 81.1 Å². The number of hydrogen-bond acceptors (Lipinski definition) is 18. The third kappa shape index (κ3) is 17.1. The van der Waals surface area contributed by atoms with Gasteiger partial charge in [0.05, 0.1) is 30.0 Å². The van der Waals surface area contributed by atoms with Crippen molar-refractivity contribution in [2.45, 2.75) is 109 Å². The summed E-state index contributed by atoms with van der Waals surface area (Å²) >= 11 is 0. The Hall–Kier alpha value is -9.79. The van der Waals surface area contributed by atoms with E-state index in [1.54, 1.807) is 18.3 Å². The maximum Gasteiger partial charge on any atom is 0.305 e. The van der Waals surface area contributed by atoms with Crippen molar-refractivity contribution in [1.29, 1.82) is 5.26 Å². The van der Waals surface area contributed by atoms with Crippen LogP contribution in [0.5, 0.6) is 0 Å². The average Bonchev–Trinajstić information content (AvgIpc) is 1.88. The molecule has 3 aromatic heterocycles. The first-order valence-electron chi connectivity index (χ1n) is 28.8. The largest absolute Gasteiger partial charge is 0.481 e. The number of pyridine rings is 1. The number of fused-ring (bicyclic) bond motifs is 2. The number of guanidine groups is 1. The van der Waals surface area contributed by atoms with Gasteiger partial charge in [0, 0.05) is 76.1 Å². The van der Waals surface area contributed by atoms with Crippen molar-refractivity contribution in [3.63, 3.8) is 0 Å². The maximum atomic E-state index is 14.2. The molecule has 5 amide bonds. The number of aliphatic carboxylic acids is 2. The molecule has 6 aromatic rings. The number of carboxylic acid groups (broad SMARTS) is 2. The maximum absolute atomic E-state index is 14.2. The Morgan fingerprint density at radius 3 is 2.10 bits per heavy atom. The number of likely N-dealkylation sites (tertiary alicyclic amines) is 2. The van der Waals surface area contributed by atoms with Crippen LogP contribution in [0, 0.1) is 31.1 Å². The summed E-state index contributed by atoms with van der Waals surface area (Å²) in [5.74, 6) is -7.68. The lowest BCUT2D eigenvalue weighted by Gasteiger charge is -2.31. The fraction of sp³-hybridized carbons (Fsp3) is 0.417. The first-order valence-corrected chi connectivity index (χ1v) is 28.8. The Kier molecular flexibility index (Phi) is 21.8. The first kappa shape index (κ1) is 65.2. The Balaban J connectivity index is 0.865. The third-order valence-electron chi connectivity index (χ3n) is 15.5. The zero-order valence-corrected chi connectivity index (χ0v) is 49.1. The van der Waals surface area contributed by atoms with Gasteiger partial charge < -0.3 is 63.1 Å². The van der Waals surface area contributed by atoms with Crippen LogP contribution in [0.1, 0.15) is 91.4 Å². The molecule has 27 nitrogen and oxygen atoms in total. The molecule has 89 heavy (non-hydrogen) atoms. The second kappa shape index (κ2) is 29.7. The number of likely N-dealkylation sites (N-methyl/N-ethyl adjacent to an activating group) is 1. The highest BCUT2D eigenvalue weighted by atomic mass is 19.3. The Morgan fingerprint density at radius 2 is 1.44 bits per heavy atom. The van der Waals surface area contributed by atoms with Crippen LogP contribution in [-0.4, -0.2) is 163 Å². The molecule has 2 fully saturated rings. The SMILES string of the molecule is CNC(=O)[C@H](CC(=O)O)NC(=O)[C@H](CCCN=C(N)N)NC(=O)[C@H](CC(=O)O)NC(=O)CCNC(=O)C1CCN(Cc2cc(C#N)c3oc(-c4cccc(-c5cccc(Nc6nc(C(F)F)nc7cc(CN8CC[C@@H](O)C8)cnc67)c5C)c4C)nc3c2)CC1. The number of halogens is 2. The number of aromatic nitrogens is 4. The highest BCUT2D eigenvalue weighted by Crippen LogP contribution is 2.38. The van der Waals surface area contributed by atoms with Gasteiger partial charge in [-0.05, 0) is 123 Å². The van der Waals surface area contributed by atoms with Gasteiger partial charge in [0.25, 0.3) is 6.43 Å². The summed E-state index contributed by atoms with van der Waals surface area (Å²) in [6.07, 6.45) is -2.13. The van der Waals surface area contributed by atoms with Gasteiger partial charge in [0.1, 0.15) is 35.2 Å². The van der Waals surface area contributed by atoms with Gasteiger partial charge in [0.15, 0.2) is 23.2 Å². The molecule has 2 saturated heterocycles. The van der Waals surface area contributed by atoms with Crippen LogP contribution in [-0.2, 0) is 46.7 Å². The van der Waals surface area contributed by atoms with E-state index in [1.807, 2.05) is 56.3 Å². The molecule has 0 unspecified atom stereocenters. The second-order valence-corrected chi connectivity index (χ2v) is 21.9. The summed E-state index contributed by atoms with van der Waals surface area (Å²) in [7, 11) is 1.23. The Morgan fingerprint density at radius 1 is 0.798 bits per heavy atom. The van der Waals surface area contributed by atoms with Crippen LogP contribution in [0.4, 0.5) is 20.3 Å². The minimum Gasteiger partial charge on any atom is -0.481 e. The molecule has 470 valence electrons. The van der Waals surface area contributed by atoms with E-state index in [0.29, 0.717) is 92.3 Å². The number of nitrogens with two attached hydrogens (primary N) is 2. The van der Waals surface area contributed by atoms with Crippen molar-refractivity contribution in [2.75, 3.05) is 51.6 Å². The van der Waals surface area contributed by atoms with Crippen molar-refractivity contribution < 1.29 is 62.1 Å². The highest BCUT2D eigenvalue weighted by Gasteiger charge is 2.33. The number of oxazole rings is 1. The molecule has 13 N–H and O–H groups in total. The van der Waals surface area contributed by atoms with Crippen LogP contribution < -0.4 is 43.4 Å². The number of anilines is 2. The quantitative estimate of drug-likeness (QED) is 0.0200. The van der Waals surface area contributed by atoms with Gasteiger partial charge in [0.2, 0.25) is 35.4 Å². The van der Waals surface area contributed by atoms with Crippen molar-refractivity contribution in [1.82, 2.24) is 56.3 Å². The highest BCUT2D eigenvalue weighted by molar-refractivity contribution is 5.97. The van der Waals surface area contributed by atoms with Crippen LogP contribution in [0.2, 0.25) is 0 Å². The normalized spacial score (nSPS) is 15.6. The summed E-state index contributed by atoms with van der Waals surface area (Å²) in [5.41, 5.74) is 18.6. The molecule has 8 rings (SSSR count). The number of aliphatic hydroxyl groups is 1. The predicted octanol–water partition coefficient (Wildman–Crippen LogP) is 3.16. The summed E-state index contributed by atoms with van der Waals surface area (Å²) in [6.45, 7) is 6.89. The molecule has 2 aliphatic rings. The molecule has 0 saturated carbocycles. The van der Waals surface area contributed by atoms with E-state index in [-0.39, 0.29) is 61.1 Å². The molecule has 29 heteroatoms. The summed E-state index contributed by atoms with van der Waals surface area (Å²) in [4.78, 5) is 115. The zero-order chi connectivity index (χ0) is 64.1. The summed E-state index contributed by atoms with van der Waals surface area (Å²) in [6, 6.07) is 14.3. The van der Waals surface area contributed by atoms with Crippen LogP contribution in [0.3, 0.4) is 0 Å². The molecule has 0 radical (unpaired) electrons. The van der Waals surface area contributed by atoms with Crippen molar-refractivity contribution in [3.8, 4) is 28.7 Å². The lowest BCUT2D eigenvalue weighted by molar-refractivity contribution is -0.141. The number of alkyl halides is 2. The minimum absolute atomic E-state index is 0.0165. The van der Waals surface area contributed by atoms with Crippen LogP contribution >= 0.6 is 0 Å². The second-order valence-electron chi connectivity index (χ2n) is 21.9. The smallest absolute Gasteiger partial charge is 0.305 e. The average molecular weight is 1230 g/mol. The standard InChI is InChI=1S/C60H70F2N16O11/c1-31-38(39-8-5-10-41(32(39)2)71-53-50-43(72-54(76-53)52(61)62)23-34(27-69-50)29-78-20-15-37(79)30-78)7-4-9-40(31)59-75-44-22-33(21-36(26-63)51(44)89-59)28-77-18-13-35(14-19-77)55(85)67-17-12-47(80)70-46(25-49(83)84)58(88)73-42(11-6-16-68-60(64)65)57(87)74-45(24-48(81)82)56(86)66-3/h4-5,7-10,21-23,27,35,37,42,45-46,52,79H,6,11-20,24-25,28-30H2,1-3H3,(H,66,86)(H,67,85)(H,70,80)(H,73,88)(H,74,87)(H,81,82)(H,83,84)(H4,64,65,68)(H,71,72,76)/t37-,42+,45+,46+/m1/s1. The van der Waals surface area contributed by atoms with Crippen LogP contribution in [0.15, 0.2) is 70.2 Å². The Bertz CT molecular complexity index is 3710. The molecule has 2 aliphatic heterocycles. The minimum atomic E-state index is -2.94. The summed E-state index contributed by atoms with van der Waals surface area (Å²) < 4.78 is 34.8. The molecule has 3 aromatic carbocycles. The van der Waals surface area contributed by atoms with Crippen molar-refractivity contribution in [2.24, 2.45) is 22.4 Å². The number of carbonyl (C=O) groups is 7. The lowest BCUT2D eigenvalue weighted by atomic mass is 9.93. The van der Waals surface area contributed by atoms with E-state index in [4.69, 9.17) is 20.9 Å². The number of hydrogen-bond donors (Lipinski definition) is 11. The molecule has 0 aliphatic carbocycles. The molecule has 0 bridgehead atoms. The molecule has 0 spiro atoms. The number of nitriles is 1. The lowest BCUT2D eigenvalue weighted by Crippen LogP contribution is -2.57.